The first-order valence-electron chi connectivity index (χ1n) is 8.29. The van der Waals surface area contributed by atoms with Crippen LogP contribution in [-0.2, 0) is 6.42 Å². The first-order valence-corrected chi connectivity index (χ1v) is 9.08. The Labute approximate surface area is 137 Å². The van der Waals surface area contributed by atoms with E-state index in [2.05, 4.69) is 42.0 Å². The minimum Gasteiger partial charge on any atom is -0.313 e. The molecular weight excluding hydrogens is 329 g/mol. The van der Waals surface area contributed by atoms with Gasteiger partial charge in [-0.3, -0.25) is 0 Å². The standard InChI is InChI=1S/C18H29BrFN/c1-4-7-8-14(6-3)18(21-11-5-2)12-15-9-10-16(20)13-17(15)19/h9-10,13-14,18,21H,4-8,11-12H2,1-3H3. The van der Waals surface area contributed by atoms with Crippen LogP contribution < -0.4 is 5.32 Å². The minimum atomic E-state index is -0.179. The zero-order valence-electron chi connectivity index (χ0n) is 13.6. The van der Waals surface area contributed by atoms with Crippen LogP contribution in [0, 0.1) is 11.7 Å². The summed E-state index contributed by atoms with van der Waals surface area (Å²) < 4.78 is 14.1. The number of rotatable bonds is 10. The zero-order chi connectivity index (χ0) is 15.7. The summed E-state index contributed by atoms with van der Waals surface area (Å²) in [6.45, 7) is 7.77. The fourth-order valence-electron chi connectivity index (χ4n) is 2.82. The summed E-state index contributed by atoms with van der Waals surface area (Å²) in [5.74, 6) is 0.509. The highest BCUT2D eigenvalue weighted by molar-refractivity contribution is 9.10. The summed E-state index contributed by atoms with van der Waals surface area (Å²) in [7, 11) is 0. The highest BCUT2D eigenvalue weighted by Crippen LogP contribution is 2.24. The van der Waals surface area contributed by atoms with Gasteiger partial charge in [-0.15, -0.1) is 0 Å². The average Bonchev–Trinajstić information content (AvgIpc) is 2.47. The van der Waals surface area contributed by atoms with Crippen molar-refractivity contribution in [1.82, 2.24) is 5.32 Å². The molecule has 0 saturated carbocycles. The Kier molecular flexibility index (Phi) is 9.18. The lowest BCUT2D eigenvalue weighted by Crippen LogP contribution is -2.38. The van der Waals surface area contributed by atoms with E-state index >= 15 is 0 Å². The molecule has 21 heavy (non-hydrogen) atoms. The Balaban J connectivity index is 2.79. The lowest BCUT2D eigenvalue weighted by molar-refractivity contribution is 0.315. The molecule has 1 N–H and O–H groups in total. The van der Waals surface area contributed by atoms with Gasteiger partial charge in [-0.1, -0.05) is 62.0 Å². The second-order valence-corrected chi connectivity index (χ2v) is 6.67. The van der Waals surface area contributed by atoms with Crippen LogP contribution in [0.15, 0.2) is 22.7 Å². The van der Waals surface area contributed by atoms with Crippen LogP contribution in [-0.4, -0.2) is 12.6 Å². The van der Waals surface area contributed by atoms with Gasteiger partial charge in [0, 0.05) is 10.5 Å². The van der Waals surface area contributed by atoms with E-state index in [0.29, 0.717) is 12.0 Å². The third-order valence-electron chi connectivity index (χ3n) is 4.13. The highest BCUT2D eigenvalue weighted by Gasteiger charge is 2.20. The fraction of sp³-hybridized carbons (Fsp3) is 0.667. The number of hydrogen-bond donors (Lipinski definition) is 1. The maximum absolute atomic E-state index is 13.2. The van der Waals surface area contributed by atoms with Gasteiger partial charge in [-0.25, -0.2) is 4.39 Å². The van der Waals surface area contributed by atoms with Gasteiger partial charge >= 0.3 is 0 Å². The van der Waals surface area contributed by atoms with Crippen LogP contribution in [0.3, 0.4) is 0 Å². The molecule has 1 aromatic rings. The SMILES string of the molecule is CCCCC(CC)C(Cc1ccc(F)cc1Br)NCCC. The smallest absolute Gasteiger partial charge is 0.124 e. The summed E-state index contributed by atoms with van der Waals surface area (Å²) in [5.41, 5.74) is 1.19. The molecule has 0 aliphatic heterocycles. The van der Waals surface area contributed by atoms with E-state index in [1.54, 1.807) is 12.1 Å². The number of halogens is 2. The third kappa shape index (κ3) is 6.48. The van der Waals surface area contributed by atoms with Crippen LogP contribution in [0.2, 0.25) is 0 Å². The number of unbranched alkanes of at least 4 members (excludes halogenated alkanes) is 1. The first kappa shape index (κ1) is 18.6. The summed E-state index contributed by atoms with van der Waals surface area (Å²) in [5, 5.41) is 3.71. The van der Waals surface area contributed by atoms with Crippen molar-refractivity contribution in [3.8, 4) is 0 Å². The molecule has 0 aliphatic rings. The van der Waals surface area contributed by atoms with Gasteiger partial charge in [0.1, 0.15) is 5.82 Å². The summed E-state index contributed by atoms with van der Waals surface area (Å²) in [6, 6.07) is 5.51. The molecule has 0 aliphatic carbocycles. The maximum atomic E-state index is 13.2. The molecule has 1 rings (SSSR count). The van der Waals surface area contributed by atoms with Gasteiger partial charge in [-0.2, -0.15) is 0 Å². The van der Waals surface area contributed by atoms with Crippen molar-refractivity contribution in [3.63, 3.8) is 0 Å². The van der Waals surface area contributed by atoms with E-state index in [9.17, 15) is 4.39 Å². The first-order chi connectivity index (χ1) is 10.1. The topological polar surface area (TPSA) is 12.0 Å². The molecule has 0 fully saturated rings. The molecule has 1 nitrogen and oxygen atoms in total. The Morgan fingerprint density at radius 2 is 1.95 bits per heavy atom. The van der Waals surface area contributed by atoms with E-state index < -0.39 is 0 Å². The predicted octanol–water partition coefficient (Wildman–Crippen LogP) is 5.72. The molecule has 0 amide bonds. The minimum absolute atomic E-state index is 0.179. The monoisotopic (exact) mass is 357 g/mol. The van der Waals surface area contributed by atoms with Crippen LogP contribution >= 0.6 is 15.9 Å². The highest BCUT2D eigenvalue weighted by atomic mass is 79.9. The van der Waals surface area contributed by atoms with Crippen molar-refractivity contribution in [2.45, 2.75) is 65.3 Å². The largest absolute Gasteiger partial charge is 0.313 e. The van der Waals surface area contributed by atoms with Gasteiger partial charge in [0.25, 0.3) is 0 Å². The molecular formula is C18H29BrFN. The molecule has 0 radical (unpaired) electrons. The molecule has 2 atom stereocenters. The molecule has 0 aromatic heterocycles. The van der Waals surface area contributed by atoms with Crippen molar-refractivity contribution in [3.05, 3.63) is 34.1 Å². The van der Waals surface area contributed by atoms with E-state index in [1.807, 2.05) is 6.07 Å². The molecule has 1 aromatic carbocycles. The van der Waals surface area contributed by atoms with Crippen molar-refractivity contribution < 1.29 is 4.39 Å². The van der Waals surface area contributed by atoms with Crippen molar-refractivity contribution in [2.75, 3.05) is 6.54 Å². The van der Waals surface area contributed by atoms with Gasteiger partial charge < -0.3 is 5.32 Å². The van der Waals surface area contributed by atoms with Crippen LogP contribution in [0.1, 0.15) is 58.4 Å². The second kappa shape index (κ2) is 10.3. The van der Waals surface area contributed by atoms with Gasteiger partial charge in [0.05, 0.1) is 0 Å². The summed E-state index contributed by atoms with van der Waals surface area (Å²) in [4.78, 5) is 0. The van der Waals surface area contributed by atoms with E-state index in [0.717, 1.165) is 23.9 Å². The lowest BCUT2D eigenvalue weighted by Gasteiger charge is -2.28. The van der Waals surface area contributed by atoms with E-state index in [1.165, 1.54) is 31.2 Å². The molecule has 0 heterocycles. The molecule has 3 heteroatoms. The van der Waals surface area contributed by atoms with E-state index in [4.69, 9.17) is 0 Å². The normalized spacial score (nSPS) is 14.1. The molecule has 0 spiro atoms. The molecule has 0 bridgehead atoms. The quantitative estimate of drug-likeness (QED) is 0.564. The number of benzene rings is 1. The van der Waals surface area contributed by atoms with Crippen LogP contribution in [0.25, 0.3) is 0 Å². The number of hydrogen-bond acceptors (Lipinski definition) is 1. The van der Waals surface area contributed by atoms with Crippen LogP contribution in [0.4, 0.5) is 4.39 Å². The lowest BCUT2D eigenvalue weighted by atomic mass is 9.87. The van der Waals surface area contributed by atoms with Gasteiger partial charge in [0.2, 0.25) is 0 Å². The van der Waals surface area contributed by atoms with Gasteiger partial charge in [0.15, 0.2) is 0 Å². The van der Waals surface area contributed by atoms with Crippen LogP contribution in [0.5, 0.6) is 0 Å². The second-order valence-electron chi connectivity index (χ2n) is 5.81. The number of nitrogens with one attached hydrogen (secondary N) is 1. The maximum Gasteiger partial charge on any atom is 0.124 e. The van der Waals surface area contributed by atoms with E-state index in [-0.39, 0.29) is 5.82 Å². The predicted molar refractivity (Wildman–Crippen MR) is 93.2 cm³/mol. The van der Waals surface area contributed by atoms with Crippen molar-refractivity contribution in [2.24, 2.45) is 5.92 Å². The van der Waals surface area contributed by atoms with Crippen molar-refractivity contribution in [1.29, 1.82) is 0 Å². The Bertz CT molecular complexity index is 408. The fourth-order valence-corrected chi connectivity index (χ4v) is 3.33. The summed E-state index contributed by atoms with van der Waals surface area (Å²) >= 11 is 3.50. The third-order valence-corrected chi connectivity index (χ3v) is 4.87. The average molecular weight is 358 g/mol. The summed E-state index contributed by atoms with van der Waals surface area (Å²) in [6.07, 6.45) is 7.10. The molecule has 120 valence electrons. The Morgan fingerprint density at radius 3 is 2.52 bits per heavy atom. The van der Waals surface area contributed by atoms with Gasteiger partial charge in [-0.05, 0) is 49.4 Å². The molecule has 2 unspecified atom stereocenters. The Morgan fingerprint density at radius 1 is 1.19 bits per heavy atom. The Hall–Kier alpha value is -0.410. The zero-order valence-corrected chi connectivity index (χ0v) is 15.2. The molecule has 0 saturated heterocycles. The van der Waals surface area contributed by atoms with Crippen molar-refractivity contribution >= 4 is 15.9 Å².